The van der Waals surface area contributed by atoms with Crippen LogP contribution < -0.4 is 10.1 Å². The summed E-state index contributed by atoms with van der Waals surface area (Å²) in [4.78, 5) is 11.7. The van der Waals surface area contributed by atoms with Crippen molar-refractivity contribution in [3.8, 4) is 11.5 Å². The number of carbonyl (C=O) groups excluding carboxylic acids is 1. The Morgan fingerprint density at radius 3 is 2.41 bits per heavy atom. The summed E-state index contributed by atoms with van der Waals surface area (Å²) in [5.41, 5.74) is 1.96. The summed E-state index contributed by atoms with van der Waals surface area (Å²) in [5, 5.41) is 20.0. The van der Waals surface area contributed by atoms with E-state index in [0.29, 0.717) is 24.3 Å². The van der Waals surface area contributed by atoms with Crippen LogP contribution in [-0.2, 0) is 11.2 Å². The van der Waals surface area contributed by atoms with Gasteiger partial charge in [0.15, 0.2) is 0 Å². The number of aryl methyl sites for hydroxylation is 1. The highest BCUT2D eigenvalue weighted by molar-refractivity contribution is 6.04. The number of ether oxygens (including phenoxy) is 2. The molecule has 0 heterocycles. The molecule has 0 saturated carbocycles. The van der Waals surface area contributed by atoms with E-state index in [4.69, 9.17) is 14.9 Å². The lowest BCUT2D eigenvalue weighted by molar-refractivity contribution is 0.0563. The number of alkyl carbamates (subject to hydrolysis) is 1. The van der Waals surface area contributed by atoms with E-state index >= 15 is 0 Å². The molecule has 0 aliphatic heterocycles. The summed E-state index contributed by atoms with van der Waals surface area (Å²) < 4.78 is 10.8. The molecule has 2 rings (SSSR count). The minimum atomic E-state index is -0.647. The number of rotatable bonds is 5. The van der Waals surface area contributed by atoms with Gasteiger partial charge in [0.2, 0.25) is 0 Å². The van der Waals surface area contributed by atoms with Gasteiger partial charge in [-0.15, -0.1) is 0 Å². The lowest BCUT2D eigenvalue weighted by atomic mass is 10.1. The lowest BCUT2D eigenvalue weighted by Crippen LogP contribution is -2.36. The standard InChI is InChI=1S/C21H26N2O4/c1-14-11-17(24)13-18(12-14)26-10-9-15-5-7-16(8-6-15)19(22)23-20(25)27-21(2,3)4/h5-8,11-13,24H,9-10H2,1-4H3,(H2,22,23,25). The number of carbonyl (C=O) groups is 1. The molecule has 0 spiro atoms. The van der Waals surface area contributed by atoms with Crippen LogP contribution in [0.4, 0.5) is 4.79 Å². The Bertz CT molecular complexity index is 788. The molecule has 2 aromatic rings. The van der Waals surface area contributed by atoms with Crippen molar-refractivity contribution in [2.24, 2.45) is 0 Å². The normalized spacial score (nSPS) is 11.0. The Labute approximate surface area is 159 Å². The van der Waals surface area contributed by atoms with Crippen LogP contribution in [0.5, 0.6) is 11.5 Å². The first-order chi connectivity index (χ1) is 12.6. The average Bonchev–Trinajstić information content (AvgIpc) is 2.52. The fraction of sp³-hybridized carbons (Fsp3) is 0.333. The minimum Gasteiger partial charge on any atom is -0.508 e. The van der Waals surface area contributed by atoms with Crippen LogP contribution in [0.25, 0.3) is 0 Å². The molecule has 0 saturated heterocycles. The molecule has 0 aromatic heterocycles. The Morgan fingerprint density at radius 2 is 1.81 bits per heavy atom. The van der Waals surface area contributed by atoms with E-state index in [9.17, 15) is 9.90 Å². The summed E-state index contributed by atoms with van der Waals surface area (Å²) >= 11 is 0. The van der Waals surface area contributed by atoms with E-state index in [-0.39, 0.29) is 11.6 Å². The quantitative estimate of drug-likeness (QED) is 0.544. The Kier molecular flexibility index (Phi) is 6.45. The Morgan fingerprint density at radius 1 is 1.15 bits per heavy atom. The van der Waals surface area contributed by atoms with E-state index in [1.807, 2.05) is 25.1 Å². The first kappa shape index (κ1) is 20.3. The molecule has 2 aromatic carbocycles. The number of amidine groups is 1. The van der Waals surface area contributed by atoms with Gasteiger partial charge in [-0.1, -0.05) is 24.3 Å². The second-order valence-electron chi connectivity index (χ2n) is 7.30. The average molecular weight is 370 g/mol. The van der Waals surface area contributed by atoms with Gasteiger partial charge in [0.05, 0.1) is 6.61 Å². The van der Waals surface area contributed by atoms with Crippen molar-refractivity contribution in [1.29, 1.82) is 5.41 Å². The van der Waals surface area contributed by atoms with Gasteiger partial charge >= 0.3 is 6.09 Å². The van der Waals surface area contributed by atoms with E-state index in [2.05, 4.69) is 5.32 Å². The van der Waals surface area contributed by atoms with Crippen LogP contribution in [0, 0.1) is 12.3 Å². The van der Waals surface area contributed by atoms with E-state index in [0.717, 1.165) is 11.1 Å². The number of hydrogen-bond acceptors (Lipinski definition) is 5. The summed E-state index contributed by atoms with van der Waals surface area (Å²) in [6.07, 6.45) is 0.0355. The van der Waals surface area contributed by atoms with Crippen molar-refractivity contribution in [2.75, 3.05) is 6.61 Å². The van der Waals surface area contributed by atoms with Gasteiger partial charge in [-0.05, 0) is 51.0 Å². The zero-order valence-corrected chi connectivity index (χ0v) is 16.1. The zero-order valence-electron chi connectivity index (χ0n) is 16.1. The number of phenols is 1. The molecular weight excluding hydrogens is 344 g/mol. The van der Waals surface area contributed by atoms with Crippen LogP contribution in [0.2, 0.25) is 0 Å². The zero-order chi connectivity index (χ0) is 20.0. The summed E-state index contributed by atoms with van der Waals surface area (Å²) in [6.45, 7) is 7.67. The SMILES string of the molecule is Cc1cc(O)cc(OCCc2ccc(C(=N)NC(=O)OC(C)(C)C)cc2)c1. The van der Waals surface area contributed by atoms with Gasteiger partial charge in [-0.2, -0.15) is 0 Å². The molecule has 6 nitrogen and oxygen atoms in total. The summed E-state index contributed by atoms with van der Waals surface area (Å²) in [6, 6.07) is 12.4. The first-order valence-corrected chi connectivity index (χ1v) is 8.74. The van der Waals surface area contributed by atoms with Gasteiger partial charge in [0.25, 0.3) is 0 Å². The fourth-order valence-corrected chi connectivity index (χ4v) is 2.41. The van der Waals surface area contributed by atoms with Gasteiger partial charge < -0.3 is 14.6 Å². The largest absolute Gasteiger partial charge is 0.508 e. The van der Waals surface area contributed by atoms with Crippen molar-refractivity contribution in [3.05, 3.63) is 59.2 Å². The van der Waals surface area contributed by atoms with Crippen molar-refractivity contribution >= 4 is 11.9 Å². The first-order valence-electron chi connectivity index (χ1n) is 8.74. The summed E-state index contributed by atoms with van der Waals surface area (Å²) in [7, 11) is 0. The highest BCUT2D eigenvalue weighted by Gasteiger charge is 2.17. The molecule has 1 amide bonds. The Balaban J connectivity index is 1.85. The third-order valence-corrected chi connectivity index (χ3v) is 3.56. The maximum Gasteiger partial charge on any atom is 0.413 e. The van der Waals surface area contributed by atoms with Crippen LogP contribution in [-0.4, -0.2) is 29.2 Å². The molecule has 6 heteroatoms. The maximum absolute atomic E-state index is 11.7. The van der Waals surface area contributed by atoms with Crippen LogP contribution >= 0.6 is 0 Å². The van der Waals surface area contributed by atoms with E-state index < -0.39 is 11.7 Å². The Hall–Kier alpha value is -3.02. The fourth-order valence-electron chi connectivity index (χ4n) is 2.41. The van der Waals surface area contributed by atoms with E-state index in [1.54, 1.807) is 45.0 Å². The molecule has 0 radical (unpaired) electrons. The van der Waals surface area contributed by atoms with Crippen LogP contribution in [0.15, 0.2) is 42.5 Å². The molecule has 3 N–H and O–H groups in total. The number of aromatic hydroxyl groups is 1. The molecule has 0 bridgehead atoms. The predicted molar refractivity (Wildman–Crippen MR) is 105 cm³/mol. The number of benzene rings is 2. The van der Waals surface area contributed by atoms with E-state index in [1.165, 1.54) is 0 Å². The molecule has 0 fully saturated rings. The third kappa shape index (κ3) is 7.01. The van der Waals surface area contributed by atoms with Crippen molar-refractivity contribution in [1.82, 2.24) is 5.32 Å². The third-order valence-electron chi connectivity index (χ3n) is 3.56. The monoisotopic (exact) mass is 370 g/mol. The molecular formula is C21H26N2O4. The second kappa shape index (κ2) is 8.58. The molecule has 0 aliphatic rings. The highest BCUT2D eigenvalue weighted by atomic mass is 16.6. The highest BCUT2D eigenvalue weighted by Crippen LogP contribution is 2.21. The molecule has 27 heavy (non-hydrogen) atoms. The van der Waals surface area contributed by atoms with Gasteiger partial charge in [-0.3, -0.25) is 10.7 Å². The molecule has 0 aliphatic carbocycles. The smallest absolute Gasteiger partial charge is 0.413 e. The predicted octanol–water partition coefficient (Wildman–Crippen LogP) is 4.17. The maximum atomic E-state index is 11.7. The van der Waals surface area contributed by atoms with Crippen LogP contribution in [0.1, 0.15) is 37.5 Å². The van der Waals surface area contributed by atoms with Gasteiger partial charge in [0.1, 0.15) is 22.9 Å². The number of phenolic OH excluding ortho intramolecular Hbond substituents is 1. The number of nitrogens with one attached hydrogen (secondary N) is 2. The minimum absolute atomic E-state index is 0.0118. The molecule has 144 valence electrons. The van der Waals surface area contributed by atoms with Crippen molar-refractivity contribution in [3.63, 3.8) is 0 Å². The molecule has 0 unspecified atom stereocenters. The van der Waals surface area contributed by atoms with Crippen molar-refractivity contribution in [2.45, 2.75) is 39.7 Å². The second-order valence-corrected chi connectivity index (χ2v) is 7.30. The molecule has 0 atom stereocenters. The topological polar surface area (TPSA) is 91.6 Å². The van der Waals surface area contributed by atoms with Crippen molar-refractivity contribution < 1.29 is 19.4 Å². The van der Waals surface area contributed by atoms with Crippen LogP contribution in [0.3, 0.4) is 0 Å². The van der Waals surface area contributed by atoms with Gasteiger partial charge in [0, 0.05) is 18.1 Å². The number of hydrogen-bond donors (Lipinski definition) is 3. The summed E-state index contributed by atoms with van der Waals surface area (Å²) in [5.74, 6) is 0.806. The number of amides is 1. The van der Waals surface area contributed by atoms with Gasteiger partial charge in [-0.25, -0.2) is 4.79 Å². The lowest BCUT2D eigenvalue weighted by Gasteiger charge is -2.19.